The van der Waals surface area contributed by atoms with Crippen LogP contribution in [-0.2, 0) is 6.42 Å². The summed E-state index contributed by atoms with van der Waals surface area (Å²) in [6.07, 6.45) is 0.513. The van der Waals surface area contributed by atoms with Crippen LogP contribution >= 0.6 is 0 Å². The van der Waals surface area contributed by atoms with Crippen molar-refractivity contribution in [1.29, 1.82) is 5.26 Å². The fourth-order valence-electron chi connectivity index (χ4n) is 1.96. The lowest BCUT2D eigenvalue weighted by Crippen LogP contribution is -2.35. The highest BCUT2D eigenvalue weighted by Gasteiger charge is 2.23. The maximum atomic E-state index is 12.9. The van der Waals surface area contributed by atoms with Crippen molar-refractivity contribution in [3.8, 4) is 6.07 Å². The summed E-state index contributed by atoms with van der Waals surface area (Å²) in [5.74, 6) is -0.265. The van der Waals surface area contributed by atoms with E-state index >= 15 is 0 Å². The van der Waals surface area contributed by atoms with Crippen LogP contribution < -0.4 is 5.32 Å². The minimum Gasteiger partial charge on any atom is -0.367 e. The third-order valence-electron chi connectivity index (χ3n) is 2.91. The van der Waals surface area contributed by atoms with Crippen LogP contribution in [0.25, 0.3) is 0 Å². The van der Waals surface area contributed by atoms with E-state index in [1.165, 1.54) is 12.1 Å². The minimum absolute atomic E-state index is 0.265. The first-order valence-electron chi connectivity index (χ1n) is 6.10. The molecule has 0 aromatic heterocycles. The largest absolute Gasteiger partial charge is 0.367 e. The molecule has 0 aliphatic carbocycles. The van der Waals surface area contributed by atoms with Gasteiger partial charge in [-0.1, -0.05) is 30.3 Å². The summed E-state index contributed by atoms with van der Waals surface area (Å²) in [5.41, 5.74) is 1.10. The normalized spacial score (nSPS) is 13.3. The van der Waals surface area contributed by atoms with E-state index in [1.807, 2.05) is 37.3 Å². The number of anilines is 1. The third kappa shape index (κ3) is 3.56. The van der Waals surface area contributed by atoms with E-state index < -0.39 is 5.54 Å². The number of hydrogen-bond donors (Lipinski definition) is 1. The zero-order valence-electron chi connectivity index (χ0n) is 10.7. The molecule has 3 heteroatoms. The van der Waals surface area contributed by atoms with Gasteiger partial charge in [0.25, 0.3) is 0 Å². The maximum absolute atomic E-state index is 12.9. The summed E-state index contributed by atoms with van der Waals surface area (Å²) in [5, 5.41) is 12.6. The summed E-state index contributed by atoms with van der Waals surface area (Å²) >= 11 is 0. The fraction of sp³-hybridized carbons (Fsp3) is 0.188. The second kappa shape index (κ2) is 5.53. The molecule has 2 aromatic rings. The Morgan fingerprint density at radius 2 is 1.74 bits per heavy atom. The monoisotopic (exact) mass is 254 g/mol. The Hall–Kier alpha value is -2.34. The molecule has 19 heavy (non-hydrogen) atoms. The number of nitrogens with zero attached hydrogens (tertiary/aromatic N) is 1. The molecule has 0 saturated heterocycles. The molecule has 0 amide bonds. The van der Waals surface area contributed by atoms with Gasteiger partial charge in [-0.3, -0.25) is 0 Å². The van der Waals surface area contributed by atoms with Crippen molar-refractivity contribution in [3.05, 3.63) is 66.0 Å². The fourth-order valence-corrected chi connectivity index (χ4v) is 1.96. The van der Waals surface area contributed by atoms with Crippen molar-refractivity contribution in [2.75, 3.05) is 5.32 Å². The van der Waals surface area contributed by atoms with Crippen molar-refractivity contribution >= 4 is 5.69 Å². The number of hydrogen-bond acceptors (Lipinski definition) is 2. The number of benzene rings is 2. The molecule has 2 aromatic carbocycles. The van der Waals surface area contributed by atoms with Crippen LogP contribution in [0.5, 0.6) is 0 Å². The second-order valence-electron chi connectivity index (χ2n) is 4.74. The van der Waals surface area contributed by atoms with Crippen LogP contribution in [0.15, 0.2) is 54.6 Å². The van der Waals surface area contributed by atoms with Gasteiger partial charge in [0.1, 0.15) is 11.4 Å². The number of halogens is 1. The van der Waals surface area contributed by atoms with E-state index in [-0.39, 0.29) is 5.82 Å². The first-order valence-corrected chi connectivity index (χ1v) is 6.10. The Balaban J connectivity index is 2.14. The molecule has 0 bridgehead atoms. The average molecular weight is 254 g/mol. The molecule has 96 valence electrons. The van der Waals surface area contributed by atoms with Crippen LogP contribution in [0.1, 0.15) is 12.5 Å². The van der Waals surface area contributed by atoms with Gasteiger partial charge in [0, 0.05) is 12.1 Å². The van der Waals surface area contributed by atoms with Crippen LogP contribution in [0.4, 0.5) is 10.1 Å². The van der Waals surface area contributed by atoms with Gasteiger partial charge in [0.15, 0.2) is 0 Å². The van der Waals surface area contributed by atoms with E-state index in [1.54, 1.807) is 12.1 Å². The highest BCUT2D eigenvalue weighted by atomic mass is 19.1. The molecule has 2 nitrogen and oxygen atoms in total. The summed E-state index contributed by atoms with van der Waals surface area (Å²) in [6.45, 7) is 1.84. The van der Waals surface area contributed by atoms with Crippen molar-refractivity contribution in [2.45, 2.75) is 18.9 Å². The third-order valence-corrected chi connectivity index (χ3v) is 2.91. The average Bonchev–Trinajstić information content (AvgIpc) is 2.42. The summed E-state index contributed by atoms with van der Waals surface area (Å²) in [4.78, 5) is 0. The molecular weight excluding hydrogens is 239 g/mol. The first kappa shape index (κ1) is 13.1. The van der Waals surface area contributed by atoms with Crippen LogP contribution in [0.2, 0.25) is 0 Å². The SMILES string of the molecule is CC(C#N)(Cc1ccc(F)cc1)Nc1ccccc1. The van der Waals surface area contributed by atoms with Crippen LogP contribution in [0, 0.1) is 17.1 Å². The van der Waals surface area contributed by atoms with E-state index in [2.05, 4.69) is 11.4 Å². The first-order chi connectivity index (χ1) is 9.11. The zero-order chi connectivity index (χ0) is 13.7. The Labute approximate surface area is 112 Å². The number of nitriles is 1. The van der Waals surface area contributed by atoms with Crippen LogP contribution in [-0.4, -0.2) is 5.54 Å². The summed E-state index contributed by atoms with van der Waals surface area (Å²) < 4.78 is 12.9. The lowest BCUT2D eigenvalue weighted by molar-refractivity contribution is 0.620. The number of nitrogens with one attached hydrogen (secondary N) is 1. The standard InChI is InChI=1S/C16H15FN2/c1-16(12-18,19-15-5-3-2-4-6-15)11-13-7-9-14(17)10-8-13/h2-10,19H,11H2,1H3. The second-order valence-corrected chi connectivity index (χ2v) is 4.74. The molecule has 1 atom stereocenters. The molecule has 2 rings (SSSR count). The highest BCUT2D eigenvalue weighted by molar-refractivity contribution is 5.47. The maximum Gasteiger partial charge on any atom is 0.126 e. The minimum atomic E-state index is -0.723. The van der Waals surface area contributed by atoms with Crippen molar-refractivity contribution in [3.63, 3.8) is 0 Å². The molecule has 0 heterocycles. The number of para-hydroxylation sites is 1. The smallest absolute Gasteiger partial charge is 0.126 e. The Kier molecular flexibility index (Phi) is 3.82. The van der Waals surface area contributed by atoms with Gasteiger partial charge >= 0.3 is 0 Å². The van der Waals surface area contributed by atoms with Gasteiger partial charge < -0.3 is 5.32 Å². The van der Waals surface area contributed by atoms with Gasteiger partial charge in [-0.25, -0.2) is 4.39 Å². The van der Waals surface area contributed by atoms with Gasteiger partial charge in [0.05, 0.1) is 6.07 Å². The molecule has 1 unspecified atom stereocenters. The summed E-state index contributed by atoms with van der Waals surface area (Å²) in [6, 6.07) is 18.1. The lowest BCUT2D eigenvalue weighted by atomic mass is 9.94. The van der Waals surface area contributed by atoms with Gasteiger partial charge in [-0.15, -0.1) is 0 Å². The summed E-state index contributed by atoms with van der Waals surface area (Å²) in [7, 11) is 0. The lowest BCUT2D eigenvalue weighted by Gasteiger charge is -2.24. The zero-order valence-corrected chi connectivity index (χ0v) is 10.7. The highest BCUT2D eigenvalue weighted by Crippen LogP contribution is 2.19. The Morgan fingerprint density at radius 1 is 1.11 bits per heavy atom. The van der Waals surface area contributed by atoms with Gasteiger partial charge in [-0.05, 0) is 36.8 Å². The quantitative estimate of drug-likeness (QED) is 0.901. The molecule has 0 radical (unpaired) electrons. The topological polar surface area (TPSA) is 35.8 Å². The van der Waals surface area contributed by atoms with E-state index in [0.717, 1.165) is 11.3 Å². The van der Waals surface area contributed by atoms with Gasteiger partial charge in [-0.2, -0.15) is 5.26 Å². The van der Waals surface area contributed by atoms with Crippen molar-refractivity contribution in [1.82, 2.24) is 0 Å². The van der Waals surface area contributed by atoms with Gasteiger partial charge in [0.2, 0.25) is 0 Å². The van der Waals surface area contributed by atoms with Crippen molar-refractivity contribution < 1.29 is 4.39 Å². The number of rotatable bonds is 4. The predicted octanol–water partition coefficient (Wildman–Crippen LogP) is 3.76. The molecular formula is C16H15FN2. The molecule has 1 N–H and O–H groups in total. The molecule has 0 saturated carbocycles. The molecule has 0 aliphatic heterocycles. The molecule has 0 fully saturated rings. The Morgan fingerprint density at radius 3 is 2.32 bits per heavy atom. The predicted molar refractivity (Wildman–Crippen MR) is 74.2 cm³/mol. The molecule has 0 spiro atoms. The van der Waals surface area contributed by atoms with E-state index in [9.17, 15) is 9.65 Å². The van der Waals surface area contributed by atoms with Crippen LogP contribution in [0.3, 0.4) is 0 Å². The van der Waals surface area contributed by atoms with E-state index in [0.29, 0.717) is 6.42 Å². The van der Waals surface area contributed by atoms with E-state index in [4.69, 9.17) is 0 Å². The Bertz CT molecular complexity index is 572. The molecule has 0 aliphatic rings. The van der Waals surface area contributed by atoms with Crippen molar-refractivity contribution in [2.24, 2.45) is 0 Å².